The number of fused-ring (bicyclic) bond motifs is 12. The Morgan fingerprint density at radius 2 is 0.600 bits per heavy atom. The summed E-state index contributed by atoms with van der Waals surface area (Å²) in [4.78, 5) is 15.9. The Morgan fingerprint density at radius 1 is 0.280 bits per heavy atom. The molecule has 0 aliphatic carbocycles. The molecule has 0 saturated heterocycles. The molecule has 11 rings (SSSR count). The normalized spacial score (nSPS) is 12.0. The van der Waals surface area contributed by atoms with Gasteiger partial charge in [-0.3, -0.25) is 9.13 Å². The van der Waals surface area contributed by atoms with Crippen LogP contribution >= 0.6 is 0 Å². The first kappa shape index (κ1) is 27.1. The number of hydrogen-bond acceptors (Lipinski definition) is 3. The molecule has 232 valence electrons. The molecule has 3 aromatic heterocycles. The van der Waals surface area contributed by atoms with Gasteiger partial charge < -0.3 is 0 Å². The van der Waals surface area contributed by atoms with Crippen LogP contribution in [0.3, 0.4) is 0 Å². The van der Waals surface area contributed by atoms with Crippen molar-refractivity contribution in [1.29, 1.82) is 0 Å². The molecular formula is C45H27N5. The van der Waals surface area contributed by atoms with Gasteiger partial charge >= 0.3 is 0 Å². The van der Waals surface area contributed by atoms with Crippen molar-refractivity contribution in [3.05, 3.63) is 164 Å². The Bertz CT molecular complexity index is 2890. The summed E-state index contributed by atoms with van der Waals surface area (Å²) >= 11 is 0. The highest BCUT2D eigenvalue weighted by atomic mass is 15.3. The summed E-state index contributed by atoms with van der Waals surface area (Å²) in [5.41, 5.74) is 5.14. The van der Waals surface area contributed by atoms with E-state index in [1.165, 1.54) is 32.3 Å². The second-order valence-electron chi connectivity index (χ2n) is 12.8. The molecule has 0 aliphatic heterocycles. The minimum atomic E-state index is 0.577. The van der Waals surface area contributed by atoms with Crippen molar-refractivity contribution in [3.8, 4) is 23.3 Å². The van der Waals surface area contributed by atoms with E-state index in [0.29, 0.717) is 17.7 Å². The van der Waals surface area contributed by atoms with Gasteiger partial charge in [0.15, 0.2) is 5.82 Å². The standard InChI is InChI=1S/C45H27N5/c1-2-15-31-29(13-1)30-14-3-4-16-32(30)38-27-28(25-26-33(31)38)43-46-44(49-39-21-9-5-17-34(39)35-18-6-10-22-40(35)49)48-45(47-43)50-41-23-11-7-19-36(41)37-20-8-12-24-42(37)50/h1-27H. The van der Waals surface area contributed by atoms with Crippen LogP contribution in [0.1, 0.15) is 0 Å². The second kappa shape index (κ2) is 10.3. The molecule has 5 nitrogen and oxygen atoms in total. The van der Waals surface area contributed by atoms with E-state index in [4.69, 9.17) is 15.0 Å². The van der Waals surface area contributed by atoms with Crippen LogP contribution in [0.2, 0.25) is 0 Å². The van der Waals surface area contributed by atoms with Crippen LogP contribution in [0.5, 0.6) is 0 Å². The summed E-state index contributed by atoms with van der Waals surface area (Å²) in [6.45, 7) is 0. The summed E-state index contributed by atoms with van der Waals surface area (Å²) in [5, 5.41) is 12.0. The lowest BCUT2D eigenvalue weighted by Gasteiger charge is -2.14. The predicted octanol–water partition coefficient (Wildman–Crippen LogP) is 11.2. The first-order valence-electron chi connectivity index (χ1n) is 16.9. The van der Waals surface area contributed by atoms with Gasteiger partial charge in [0.25, 0.3) is 0 Å². The third-order valence-corrected chi connectivity index (χ3v) is 10.2. The van der Waals surface area contributed by atoms with Crippen molar-refractivity contribution in [2.24, 2.45) is 0 Å². The van der Waals surface area contributed by atoms with Crippen molar-refractivity contribution >= 4 is 75.9 Å². The second-order valence-corrected chi connectivity index (χ2v) is 12.8. The van der Waals surface area contributed by atoms with E-state index in [-0.39, 0.29) is 0 Å². The smallest absolute Gasteiger partial charge is 0.240 e. The van der Waals surface area contributed by atoms with Crippen molar-refractivity contribution in [2.45, 2.75) is 0 Å². The van der Waals surface area contributed by atoms with Crippen molar-refractivity contribution in [2.75, 3.05) is 0 Å². The Hall–Kier alpha value is -6.85. The Balaban J connectivity index is 1.26. The zero-order chi connectivity index (χ0) is 32.8. The molecule has 8 aromatic carbocycles. The van der Waals surface area contributed by atoms with Gasteiger partial charge in [-0.05, 0) is 62.6 Å². The third kappa shape index (κ3) is 3.80. The molecule has 11 aromatic rings. The molecule has 0 radical (unpaired) electrons. The maximum absolute atomic E-state index is 5.30. The number of benzene rings is 8. The molecule has 0 unspecified atom stereocenters. The van der Waals surface area contributed by atoms with Crippen molar-refractivity contribution < 1.29 is 0 Å². The lowest BCUT2D eigenvalue weighted by atomic mass is 9.93. The Labute approximate surface area is 286 Å². The van der Waals surface area contributed by atoms with E-state index < -0.39 is 0 Å². The van der Waals surface area contributed by atoms with Gasteiger partial charge in [-0.15, -0.1) is 0 Å². The van der Waals surface area contributed by atoms with E-state index in [1.807, 2.05) is 0 Å². The predicted molar refractivity (Wildman–Crippen MR) is 206 cm³/mol. The van der Waals surface area contributed by atoms with Crippen LogP contribution in [-0.2, 0) is 0 Å². The monoisotopic (exact) mass is 637 g/mol. The maximum Gasteiger partial charge on any atom is 0.240 e. The third-order valence-electron chi connectivity index (χ3n) is 10.2. The van der Waals surface area contributed by atoms with Crippen LogP contribution in [0.4, 0.5) is 0 Å². The zero-order valence-corrected chi connectivity index (χ0v) is 26.8. The highest BCUT2D eigenvalue weighted by Crippen LogP contribution is 2.38. The molecular weight excluding hydrogens is 611 g/mol. The molecule has 0 aliphatic rings. The summed E-state index contributed by atoms with van der Waals surface area (Å²) in [6.07, 6.45) is 0. The molecule has 0 amide bonds. The molecule has 0 spiro atoms. The topological polar surface area (TPSA) is 48.5 Å². The van der Waals surface area contributed by atoms with Crippen LogP contribution < -0.4 is 0 Å². The van der Waals surface area contributed by atoms with Crippen molar-refractivity contribution in [3.63, 3.8) is 0 Å². The first-order chi connectivity index (χ1) is 24.8. The summed E-state index contributed by atoms with van der Waals surface area (Å²) < 4.78 is 4.36. The van der Waals surface area contributed by atoms with Crippen molar-refractivity contribution in [1.82, 2.24) is 24.1 Å². The minimum Gasteiger partial charge on any atom is -0.278 e. The van der Waals surface area contributed by atoms with Gasteiger partial charge in [0, 0.05) is 27.1 Å². The van der Waals surface area contributed by atoms with E-state index in [0.717, 1.165) is 49.2 Å². The minimum absolute atomic E-state index is 0.577. The van der Waals surface area contributed by atoms with Crippen LogP contribution in [0, 0.1) is 0 Å². The molecule has 5 heteroatoms. The lowest BCUT2D eigenvalue weighted by molar-refractivity contribution is 0.893. The molecule has 0 N–H and O–H groups in total. The fourth-order valence-corrected chi connectivity index (χ4v) is 8.01. The van der Waals surface area contributed by atoms with Gasteiger partial charge in [0.05, 0.1) is 22.1 Å². The molecule has 0 saturated carbocycles. The zero-order valence-electron chi connectivity index (χ0n) is 26.8. The number of rotatable bonds is 3. The van der Waals surface area contributed by atoms with Gasteiger partial charge in [-0.1, -0.05) is 133 Å². The quantitative estimate of drug-likeness (QED) is 0.181. The molecule has 0 bridgehead atoms. The number of para-hydroxylation sites is 4. The van der Waals surface area contributed by atoms with E-state index in [1.54, 1.807) is 0 Å². The highest BCUT2D eigenvalue weighted by molar-refractivity contribution is 6.25. The Kier molecular flexibility index (Phi) is 5.60. The van der Waals surface area contributed by atoms with Gasteiger partial charge in [0.2, 0.25) is 11.9 Å². The van der Waals surface area contributed by atoms with E-state index in [2.05, 4.69) is 173 Å². The fraction of sp³-hybridized carbons (Fsp3) is 0. The molecule has 0 atom stereocenters. The van der Waals surface area contributed by atoms with Gasteiger partial charge in [-0.2, -0.15) is 15.0 Å². The summed E-state index contributed by atoms with van der Waals surface area (Å²) in [5.74, 6) is 1.77. The van der Waals surface area contributed by atoms with Crippen LogP contribution in [0.15, 0.2) is 164 Å². The van der Waals surface area contributed by atoms with E-state index in [9.17, 15) is 0 Å². The van der Waals surface area contributed by atoms with Crippen LogP contribution in [-0.4, -0.2) is 24.1 Å². The van der Waals surface area contributed by atoms with E-state index >= 15 is 0 Å². The first-order valence-corrected chi connectivity index (χ1v) is 16.9. The average molecular weight is 638 g/mol. The van der Waals surface area contributed by atoms with Crippen LogP contribution in [0.25, 0.3) is 99.2 Å². The summed E-state index contributed by atoms with van der Waals surface area (Å²) in [6, 6.07) is 57.9. The number of aromatic nitrogens is 5. The largest absolute Gasteiger partial charge is 0.278 e. The number of hydrogen-bond donors (Lipinski definition) is 0. The Morgan fingerprint density at radius 3 is 1.00 bits per heavy atom. The summed E-state index contributed by atoms with van der Waals surface area (Å²) in [7, 11) is 0. The fourth-order valence-electron chi connectivity index (χ4n) is 8.01. The highest BCUT2D eigenvalue weighted by Gasteiger charge is 2.20. The van der Waals surface area contributed by atoms with Gasteiger partial charge in [0.1, 0.15) is 0 Å². The maximum atomic E-state index is 5.30. The van der Waals surface area contributed by atoms with Gasteiger partial charge in [-0.25, -0.2) is 0 Å². The molecule has 50 heavy (non-hydrogen) atoms. The number of nitrogens with zero attached hydrogens (tertiary/aromatic N) is 5. The molecule has 3 heterocycles. The molecule has 0 fully saturated rings. The lowest BCUT2D eigenvalue weighted by Crippen LogP contribution is -2.10. The SMILES string of the molecule is c1ccc2c(c1)c1ccccc1c1cc(-c3nc(-n4c5ccccc5c5ccccc54)nc(-n4c5ccccc5c5ccccc54)n3)ccc21. The average Bonchev–Trinajstić information content (AvgIpc) is 3.71.